The summed E-state index contributed by atoms with van der Waals surface area (Å²) in [5.41, 5.74) is 2.52. The van der Waals surface area contributed by atoms with Gasteiger partial charge in [0, 0.05) is 17.1 Å². The first-order valence-electron chi connectivity index (χ1n) is 6.89. The van der Waals surface area contributed by atoms with Gasteiger partial charge < -0.3 is 10.1 Å². The van der Waals surface area contributed by atoms with Gasteiger partial charge in [-0.1, -0.05) is 40.2 Å². The summed E-state index contributed by atoms with van der Waals surface area (Å²) < 4.78 is 6.63. The molecular formula is C17H20BrNO. The van der Waals surface area contributed by atoms with Crippen LogP contribution in [0.2, 0.25) is 0 Å². The summed E-state index contributed by atoms with van der Waals surface area (Å²) in [5, 5.41) is 3.53. The average Bonchev–Trinajstić information content (AvgIpc) is 2.46. The SMILES string of the molecule is CCOc1cccc(CNC(C)c2ccc(Br)cc2)c1. The lowest BCUT2D eigenvalue weighted by atomic mass is 10.1. The van der Waals surface area contributed by atoms with E-state index in [4.69, 9.17) is 4.74 Å². The van der Waals surface area contributed by atoms with Crippen molar-refractivity contribution in [3.8, 4) is 5.75 Å². The summed E-state index contributed by atoms with van der Waals surface area (Å²) in [5.74, 6) is 0.933. The topological polar surface area (TPSA) is 21.3 Å². The molecule has 2 aromatic carbocycles. The average molecular weight is 334 g/mol. The molecule has 0 aromatic heterocycles. The van der Waals surface area contributed by atoms with Gasteiger partial charge in [0.15, 0.2) is 0 Å². The molecule has 0 saturated heterocycles. The molecule has 2 nitrogen and oxygen atoms in total. The Morgan fingerprint density at radius 3 is 2.60 bits per heavy atom. The first-order chi connectivity index (χ1) is 9.69. The number of hydrogen-bond acceptors (Lipinski definition) is 2. The fourth-order valence-electron chi connectivity index (χ4n) is 2.05. The maximum Gasteiger partial charge on any atom is 0.119 e. The van der Waals surface area contributed by atoms with Crippen LogP contribution in [-0.4, -0.2) is 6.61 Å². The fourth-order valence-corrected chi connectivity index (χ4v) is 2.32. The van der Waals surface area contributed by atoms with Crippen molar-refractivity contribution in [2.75, 3.05) is 6.61 Å². The molecule has 0 heterocycles. The second-order valence-electron chi connectivity index (χ2n) is 4.73. The summed E-state index contributed by atoms with van der Waals surface area (Å²) in [6, 6.07) is 17.0. The maximum atomic E-state index is 5.52. The highest BCUT2D eigenvalue weighted by Gasteiger charge is 2.05. The minimum absolute atomic E-state index is 0.318. The molecule has 3 heteroatoms. The zero-order valence-corrected chi connectivity index (χ0v) is 13.5. The first kappa shape index (κ1) is 15.1. The Bertz CT molecular complexity index is 539. The molecule has 1 atom stereocenters. The van der Waals surface area contributed by atoms with Crippen LogP contribution < -0.4 is 10.1 Å². The molecule has 0 aliphatic rings. The standard InChI is InChI=1S/C17H20BrNO/c1-3-20-17-6-4-5-14(11-17)12-19-13(2)15-7-9-16(18)10-8-15/h4-11,13,19H,3,12H2,1-2H3. The van der Waals surface area contributed by atoms with E-state index in [0.29, 0.717) is 12.6 Å². The van der Waals surface area contributed by atoms with Gasteiger partial charge >= 0.3 is 0 Å². The minimum Gasteiger partial charge on any atom is -0.494 e. The van der Waals surface area contributed by atoms with Crippen molar-refractivity contribution >= 4 is 15.9 Å². The normalized spacial score (nSPS) is 12.2. The molecule has 1 unspecified atom stereocenters. The fraction of sp³-hybridized carbons (Fsp3) is 0.294. The van der Waals surface area contributed by atoms with Crippen LogP contribution in [-0.2, 0) is 6.54 Å². The number of halogens is 1. The number of benzene rings is 2. The van der Waals surface area contributed by atoms with E-state index in [1.807, 2.05) is 19.1 Å². The van der Waals surface area contributed by atoms with Crippen molar-refractivity contribution in [1.29, 1.82) is 0 Å². The van der Waals surface area contributed by atoms with E-state index < -0.39 is 0 Å². The highest BCUT2D eigenvalue weighted by Crippen LogP contribution is 2.18. The monoisotopic (exact) mass is 333 g/mol. The van der Waals surface area contributed by atoms with Crippen LogP contribution in [0.15, 0.2) is 53.0 Å². The maximum absolute atomic E-state index is 5.52. The quantitative estimate of drug-likeness (QED) is 0.827. The van der Waals surface area contributed by atoms with Crippen LogP contribution in [0.4, 0.5) is 0 Å². The summed E-state index contributed by atoms with van der Waals surface area (Å²) >= 11 is 3.46. The Hall–Kier alpha value is -1.32. The van der Waals surface area contributed by atoms with Gasteiger partial charge in [0.1, 0.15) is 5.75 Å². The third-order valence-corrected chi connectivity index (χ3v) is 3.72. The first-order valence-corrected chi connectivity index (χ1v) is 7.69. The molecule has 0 saturated carbocycles. The predicted molar refractivity (Wildman–Crippen MR) is 87.0 cm³/mol. The Labute approximate surface area is 129 Å². The van der Waals surface area contributed by atoms with E-state index in [2.05, 4.69) is 64.6 Å². The van der Waals surface area contributed by atoms with Crippen molar-refractivity contribution in [2.24, 2.45) is 0 Å². The van der Waals surface area contributed by atoms with Gasteiger partial charge in [-0.2, -0.15) is 0 Å². The van der Waals surface area contributed by atoms with Crippen LogP contribution in [0.25, 0.3) is 0 Å². The zero-order valence-electron chi connectivity index (χ0n) is 11.9. The number of nitrogens with one attached hydrogen (secondary N) is 1. The van der Waals surface area contributed by atoms with Gasteiger partial charge in [0.2, 0.25) is 0 Å². The lowest BCUT2D eigenvalue weighted by Crippen LogP contribution is -2.18. The molecule has 20 heavy (non-hydrogen) atoms. The number of ether oxygens (including phenoxy) is 1. The predicted octanol–water partition coefficient (Wildman–Crippen LogP) is 4.70. The van der Waals surface area contributed by atoms with Gasteiger partial charge in [-0.3, -0.25) is 0 Å². The number of hydrogen-bond donors (Lipinski definition) is 1. The molecule has 0 radical (unpaired) electrons. The largest absolute Gasteiger partial charge is 0.494 e. The molecule has 0 aliphatic heterocycles. The Morgan fingerprint density at radius 1 is 1.15 bits per heavy atom. The molecular weight excluding hydrogens is 314 g/mol. The third kappa shape index (κ3) is 4.36. The van der Waals surface area contributed by atoms with E-state index in [1.54, 1.807) is 0 Å². The minimum atomic E-state index is 0.318. The molecule has 2 aromatic rings. The Kier molecular flexibility index (Phi) is 5.62. The number of rotatable bonds is 6. The highest BCUT2D eigenvalue weighted by atomic mass is 79.9. The molecule has 2 rings (SSSR count). The summed E-state index contributed by atoms with van der Waals surface area (Å²) in [6.45, 7) is 5.71. The van der Waals surface area contributed by atoms with Crippen molar-refractivity contribution in [2.45, 2.75) is 26.4 Å². The van der Waals surface area contributed by atoms with E-state index >= 15 is 0 Å². The van der Waals surface area contributed by atoms with Crippen LogP contribution in [0.3, 0.4) is 0 Å². The van der Waals surface area contributed by atoms with E-state index in [1.165, 1.54) is 11.1 Å². The second kappa shape index (κ2) is 7.46. The summed E-state index contributed by atoms with van der Waals surface area (Å²) in [6.07, 6.45) is 0. The molecule has 1 N–H and O–H groups in total. The lowest BCUT2D eigenvalue weighted by molar-refractivity contribution is 0.339. The highest BCUT2D eigenvalue weighted by molar-refractivity contribution is 9.10. The second-order valence-corrected chi connectivity index (χ2v) is 5.65. The summed E-state index contributed by atoms with van der Waals surface area (Å²) in [7, 11) is 0. The van der Waals surface area contributed by atoms with Crippen LogP contribution in [0.5, 0.6) is 5.75 Å². The molecule has 0 fully saturated rings. The molecule has 0 bridgehead atoms. The van der Waals surface area contributed by atoms with Crippen molar-refractivity contribution in [3.63, 3.8) is 0 Å². The smallest absolute Gasteiger partial charge is 0.119 e. The van der Waals surface area contributed by atoms with Crippen molar-refractivity contribution in [1.82, 2.24) is 5.32 Å². The lowest BCUT2D eigenvalue weighted by Gasteiger charge is -2.15. The van der Waals surface area contributed by atoms with Crippen LogP contribution in [0, 0.1) is 0 Å². The summed E-state index contributed by atoms with van der Waals surface area (Å²) in [4.78, 5) is 0. The Morgan fingerprint density at radius 2 is 1.90 bits per heavy atom. The molecule has 0 aliphatic carbocycles. The van der Waals surface area contributed by atoms with Gasteiger partial charge in [-0.25, -0.2) is 0 Å². The Balaban J connectivity index is 1.94. The van der Waals surface area contributed by atoms with E-state index in [0.717, 1.165) is 16.8 Å². The van der Waals surface area contributed by atoms with Gasteiger partial charge in [-0.15, -0.1) is 0 Å². The zero-order chi connectivity index (χ0) is 14.4. The van der Waals surface area contributed by atoms with Crippen LogP contribution >= 0.6 is 15.9 Å². The van der Waals surface area contributed by atoms with Gasteiger partial charge in [-0.05, 0) is 49.2 Å². The molecule has 0 spiro atoms. The van der Waals surface area contributed by atoms with Crippen molar-refractivity contribution < 1.29 is 4.74 Å². The molecule has 106 valence electrons. The van der Waals surface area contributed by atoms with Crippen LogP contribution in [0.1, 0.15) is 31.0 Å². The van der Waals surface area contributed by atoms with Crippen molar-refractivity contribution in [3.05, 3.63) is 64.1 Å². The molecule has 0 amide bonds. The van der Waals surface area contributed by atoms with E-state index in [-0.39, 0.29) is 0 Å². The third-order valence-electron chi connectivity index (χ3n) is 3.19. The van der Waals surface area contributed by atoms with Gasteiger partial charge in [0.25, 0.3) is 0 Å². The van der Waals surface area contributed by atoms with Gasteiger partial charge in [0.05, 0.1) is 6.61 Å². The van der Waals surface area contributed by atoms with E-state index in [9.17, 15) is 0 Å².